The first-order chi connectivity index (χ1) is 7.22. The molecule has 15 heavy (non-hydrogen) atoms. The number of hydrogen-bond acceptors (Lipinski definition) is 3. The second-order valence-electron chi connectivity index (χ2n) is 2.95. The molecule has 0 atom stereocenters. The van der Waals surface area contributed by atoms with E-state index in [-0.39, 0.29) is 5.96 Å². The number of guanidine groups is 1. The van der Waals surface area contributed by atoms with Gasteiger partial charge in [0, 0.05) is 7.11 Å². The fourth-order valence-corrected chi connectivity index (χ4v) is 1.09. The average Bonchev–Trinajstić information content (AvgIpc) is 2.18. The van der Waals surface area contributed by atoms with Crippen LogP contribution in [0.5, 0.6) is 0 Å². The van der Waals surface area contributed by atoms with Crippen molar-refractivity contribution < 1.29 is 4.74 Å². The first-order valence-corrected chi connectivity index (χ1v) is 4.42. The minimum absolute atomic E-state index is 0.0562. The van der Waals surface area contributed by atoms with Crippen LogP contribution in [0.15, 0.2) is 34.5 Å². The summed E-state index contributed by atoms with van der Waals surface area (Å²) in [6.45, 7) is 0.573. The predicted molar refractivity (Wildman–Crippen MR) is 60.6 cm³/mol. The van der Waals surface area contributed by atoms with E-state index in [9.17, 15) is 0 Å². The number of nitrogens with zero attached hydrogens (tertiary/aromatic N) is 2. The molecular weight excluding hydrogens is 192 g/mol. The molecule has 0 aliphatic carbocycles. The monoisotopic (exact) mass is 206 g/mol. The molecule has 0 aliphatic rings. The van der Waals surface area contributed by atoms with Crippen molar-refractivity contribution in [2.24, 2.45) is 21.7 Å². The fraction of sp³-hybridized carbons (Fsp3) is 0.200. The SMILES string of the molecule is COCc1cccc(C=NN=C(N)N)c1. The lowest BCUT2D eigenvalue weighted by Crippen LogP contribution is -2.21. The van der Waals surface area contributed by atoms with E-state index < -0.39 is 0 Å². The molecule has 4 N–H and O–H groups in total. The van der Waals surface area contributed by atoms with Crippen molar-refractivity contribution in [1.82, 2.24) is 0 Å². The topological polar surface area (TPSA) is 86.0 Å². The van der Waals surface area contributed by atoms with Crippen LogP contribution in [0.25, 0.3) is 0 Å². The van der Waals surface area contributed by atoms with Crippen molar-refractivity contribution in [3.05, 3.63) is 35.4 Å². The molecule has 0 aromatic heterocycles. The Balaban J connectivity index is 2.73. The average molecular weight is 206 g/mol. The molecular formula is C10H14N4O. The van der Waals surface area contributed by atoms with Gasteiger partial charge in [-0.05, 0) is 17.2 Å². The summed E-state index contributed by atoms with van der Waals surface area (Å²) in [5.41, 5.74) is 12.3. The van der Waals surface area contributed by atoms with Gasteiger partial charge in [-0.3, -0.25) is 0 Å². The molecule has 5 heteroatoms. The van der Waals surface area contributed by atoms with Gasteiger partial charge >= 0.3 is 0 Å². The zero-order chi connectivity index (χ0) is 11.1. The minimum Gasteiger partial charge on any atom is -0.380 e. The lowest BCUT2D eigenvalue weighted by Gasteiger charge is -1.99. The van der Waals surface area contributed by atoms with Gasteiger partial charge in [-0.1, -0.05) is 18.2 Å². The summed E-state index contributed by atoms with van der Waals surface area (Å²) in [6, 6.07) is 7.76. The van der Waals surface area contributed by atoms with Gasteiger partial charge in [0.25, 0.3) is 0 Å². The highest BCUT2D eigenvalue weighted by atomic mass is 16.5. The largest absolute Gasteiger partial charge is 0.380 e. The van der Waals surface area contributed by atoms with E-state index in [0.29, 0.717) is 6.61 Å². The number of rotatable bonds is 4. The molecule has 0 saturated carbocycles. The van der Waals surface area contributed by atoms with E-state index >= 15 is 0 Å². The molecule has 0 fully saturated rings. The second-order valence-corrected chi connectivity index (χ2v) is 2.95. The number of hydrogen-bond donors (Lipinski definition) is 2. The van der Waals surface area contributed by atoms with Gasteiger partial charge in [0.2, 0.25) is 5.96 Å². The molecule has 1 rings (SSSR count). The molecule has 1 aromatic rings. The molecule has 80 valence electrons. The van der Waals surface area contributed by atoms with Crippen LogP contribution in [0.4, 0.5) is 0 Å². The molecule has 0 amide bonds. The standard InChI is InChI=1S/C10H14N4O/c1-15-7-9-4-2-3-8(5-9)6-13-14-10(11)12/h2-6H,7H2,1H3,(H4,11,12,14). The Labute approximate surface area is 88.4 Å². The Bertz CT molecular complexity index is 369. The summed E-state index contributed by atoms with van der Waals surface area (Å²) in [6.07, 6.45) is 1.58. The van der Waals surface area contributed by atoms with E-state index in [2.05, 4.69) is 10.2 Å². The van der Waals surface area contributed by atoms with Crippen molar-refractivity contribution in [1.29, 1.82) is 0 Å². The molecule has 0 saturated heterocycles. The number of methoxy groups -OCH3 is 1. The molecule has 0 unspecified atom stereocenters. The van der Waals surface area contributed by atoms with Crippen molar-refractivity contribution in [3.63, 3.8) is 0 Å². The highest BCUT2D eigenvalue weighted by Crippen LogP contribution is 2.04. The quantitative estimate of drug-likeness (QED) is 0.426. The zero-order valence-electron chi connectivity index (χ0n) is 8.55. The normalized spacial score (nSPS) is 10.5. The van der Waals surface area contributed by atoms with E-state index in [1.165, 1.54) is 0 Å². The van der Waals surface area contributed by atoms with Crippen molar-refractivity contribution >= 4 is 12.2 Å². The molecule has 0 bridgehead atoms. The van der Waals surface area contributed by atoms with Crippen LogP contribution in [0.1, 0.15) is 11.1 Å². The highest BCUT2D eigenvalue weighted by Gasteiger charge is 1.92. The summed E-state index contributed by atoms with van der Waals surface area (Å²) >= 11 is 0. The first-order valence-electron chi connectivity index (χ1n) is 4.42. The smallest absolute Gasteiger partial charge is 0.211 e. The summed E-state index contributed by atoms with van der Waals surface area (Å²) in [5, 5.41) is 7.22. The maximum absolute atomic E-state index is 5.13. The Kier molecular flexibility index (Phi) is 4.30. The van der Waals surface area contributed by atoms with Gasteiger partial charge in [0.05, 0.1) is 12.8 Å². The summed E-state index contributed by atoms with van der Waals surface area (Å²) in [7, 11) is 1.65. The maximum atomic E-state index is 5.13. The van der Waals surface area contributed by atoms with Crippen LogP contribution in [0.2, 0.25) is 0 Å². The Morgan fingerprint density at radius 1 is 1.47 bits per heavy atom. The Hall–Kier alpha value is -1.88. The Morgan fingerprint density at radius 3 is 2.93 bits per heavy atom. The third kappa shape index (κ3) is 4.24. The Morgan fingerprint density at radius 2 is 2.27 bits per heavy atom. The minimum atomic E-state index is -0.0562. The van der Waals surface area contributed by atoms with Crippen LogP contribution in [-0.4, -0.2) is 19.3 Å². The summed E-state index contributed by atoms with van der Waals surface area (Å²) < 4.78 is 5.01. The van der Waals surface area contributed by atoms with Crippen LogP contribution >= 0.6 is 0 Å². The third-order valence-electron chi connectivity index (χ3n) is 1.64. The van der Waals surface area contributed by atoms with E-state index in [1.807, 2.05) is 24.3 Å². The second kappa shape index (κ2) is 5.77. The van der Waals surface area contributed by atoms with Crippen LogP contribution in [-0.2, 0) is 11.3 Å². The molecule has 0 heterocycles. The lowest BCUT2D eigenvalue weighted by molar-refractivity contribution is 0.185. The van der Waals surface area contributed by atoms with Gasteiger partial charge < -0.3 is 16.2 Å². The predicted octanol–water partition coefficient (Wildman–Crippen LogP) is 0.440. The van der Waals surface area contributed by atoms with E-state index in [1.54, 1.807) is 13.3 Å². The number of nitrogens with two attached hydrogens (primary N) is 2. The van der Waals surface area contributed by atoms with E-state index in [4.69, 9.17) is 16.2 Å². The van der Waals surface area contributed by atoms with Crippen LogP contribution < -0.4 is 11.5 Å². The lowest BCUT2D eigenvalue weighted by atomic mass is 10.1. The van der Waals surface area contributed by atoms with Crippen molar-refractivity contribution in [2.75, 3.05) is 7.11 Å². The first kappa shape index (κ1) is 11.2. The maximum Gasteiger partial charge on any atom is 0.211 e. The summed E-state index contributed by atoms with van der Waals surface area (Å²) in [5.74, 6) is -0.0562. The molecule has 0 radical (unpaired) electrons. The third-order valence-corrected chi connectivity index (χ3v) is 1.64. The summed E-state index contributed by atoms with van der Waals surface area (Å²) in [4.78, 5) is 0. The zero-order valence-corrected chi connectivity index (χ0v) is 8.55. The van der Waals surface area contributed by atoms with Gasteiger partial charge in [-0.15, -0.1) is 5.10 Å². The molecule has 1 aromatic carbocycles. The molecule has 5 nitrogen and oxygen atoms in total. The molecule has 0 spiro atoms. The van der Waals surface area contributed by atoms with Crippen LogP contribution in [0, 0.1) is 0 Å². The van der Waals surface area contributed by atoms with Gasteiger partial charge in [-0.25, -0.2) is 0 Å². The van der Waals surface area contributed by atoms with E-state index in [0.717, 1.165) is 11.1 Å². The van der Waals surface area contributed by atoms with Gasteiger partial charge in [-0.2, -0.15) is 5.10 Å². The van der Waals surface area contributed by atoms with Crippen LogP contribution in [0.3, 0.4) is 0 Å². The number of benzene rings is 1. The fourth-order valence-electron chi connectivity index (χ4n) is 1.09. The van der Waals surface area contributed by atoms with Gasteiger partial charge in [0.1, 0.15) is 0 Å². The number of ether oxygens (including phenoxy) is 1. The van der Waals surface area contributed by atoms with Crippen molar-refractivity contribution in [3.8, 4) is 0 Å². The molecule has 0 aliphatic heterocycles. The van der Waals surface area contributed by atoms with Gasteiger partial charge in [0.15, 0.2) is 0 Å². The highest BCUT2D eigenvalue weighted by molar-refractivity contribution is 5.81. The van der Waals surface area contributed by atoms with Crippen molar-refractivity contribution in [2.45, 2.75) is 6.61 Å².